The van der Waals surface area contributed by atoms with Crippen LogP contribution in [0.25, 0.3) is 22.9 Å². The highest BCUT2D eigenvalue weighted by molar-refractivity contribution is 7.11. The Kier molecular flexibility index (Phi) is 4.64. The molecule has 6 heteroatoms. The first-order valence-corrected chi connectivity index (χ1v) is 7.96. The molecule has 0 atom stereocenters. The van der Waals surface area contributed by atoms with Gasteiger partial charge in [-0.25, -0.2) is 4.98 Å². The van der Waals surface area contributed by atoms with Crippen LogP contribution in [-0.2, 0) is 0 Å². The van der Waals surface area contributed by atoms with Crippen LogP contribution >= 0.6 is 11.3 Å². The number of methoxy groups -OCH3 is 2. The van der Waals surface area contributed by atoms with Gasteiger partial charge in [0.05, 0.1) is 31.7 Å². The van der Waals surface area contributed by atoms with Gasteiger partial charge in [-0.3, -0.25) is 0 Å². The van der Waals surface area contributed by atoms with E-state index in [0.29, 0.717) is 27.8 Å². The first-order chi connectivity index (χ1) is 11.7. The zero-order chi connectivity index (χ0) is 16.9. The summed E-state index contributed by atoms with van der Waals surface area (Å²) >= 11 is 1.41. The summed E-state index contributed by atoms with van der Waals surface area (Å²) in [6, 6.07) is 11.3. The second-order valence-electron chi connectivity index (χ2n) is 4.79. The number of hydrogen-bond acceptors (Lipinski definition) is 6. The minimum atomic E-state index is 0.460. The van der Waals surface area contributed by atoms with E-state index >= 15 is 0 Å². The summed E-state index contributed by atoms with van der Waals surface area (Å²) in [5.41, 5.74) is 2.13. The van der Waals surface area contributed by atoms with Crippen molar-refractivity contribution in [1.29, 1.82) is 5.26 Å². The van der Waals surface area contributed by atoms with E-state index in [4.69, 9.17) is 13.9 Å². The molecule has 3 aromatic rings. The van der Waals surface area contributed by atoms with E-state index in [2.05, 4.69) is 11.1 Å². The Morgan fingerprint density at radius 1 is 1.25 bits per heavy atom. The second-order valence-corrected chi connectivity index (χ2v) is 5.65. The Bertz CT molecular complexity index is 905. The summed E-state index contributed by atoms with van der Waals surface area (Å²) in [4.78, 5) is 4.55. The van der Waals surface area contributed by atoms with Crippen LogP contribution in [0, 0.1) is 11.3 Å². The minimum Gasteiger partial charge on any atom is -0.493 e. The second kappa shape index (κ2) is 7.02. The molecule has 0 aliphatic rings. The van der Waals surface area contributed by atoms with Gasteiger partial charge in [0.15, 0.2) is 11.5 Å². The number of hydrogen-bond donors (Lipinski definition) is 0. The highest BCUT2D eigenvalue weighted by Gasteiger charge is 2.12. The molecule has 0 aliphatic carbocycles. The summed E-state index contributed by atoms with van der Waals surface area (Å²) < 4.78 is 15.8. The summed E-state index contributed by atoms with van der Waals surface area (Å²) in [5, 5.41) is 11.9. The van der Waals surface area contributed by atoms with Gasteiger partial charge in [-0.1, -0.05) is 0 Å². The van der Waals surface area contributed by atoms with Crippen molar-refractivity contribution in [3.8, 4) is 28.8 Å². The molecule has 0 amide bonds. The van der Waals surface area contributed by atoms with Crippen LogP contribution in [0.15, 0.2) is 46.4 Å². The van der Waals surface area contributed by atoms with Crippen LogP contribution in [0.5, 0.6) is 11.5 Å². The van der Waals surface area contributed by atoms with Gasteiger partial charge in [-0.2, -0.15) is 5.26 Å². The highest BCUT2D eigenvalue weighted by Crippen LogP contribution is 2.33. The van der Waals surface area contributed by atoms with Crippen molar-refractivity contribution in [2.75, 3.05) is 14.2 Å². The molecule has 24 heavy (non-hydrogen) atoms. The first kappa shape index (κ1) is 15.8. The maximum atomic E-state index is 9.38. The summed E-state index contributed by atoms with van der Waals surface area (Å²) in [5.74, 6) is 1.91. The third kappa shape index (κ3) is 3.16. The lowest BCUT2D eigenvalue weighted by Gasteiger charge is -2.08. The van der Waals surface area contributed by atoms with Crippen LogP contribution in [0.3, 0.4) is 0 Å². The largest absolute Gasteiger partial charge is 0.493 e. The Hall–Kier alpha value is -3.04. The average molecular weight is 338 g/mol. The van der Waals surface area contributed by atoms with Crippen molar-refractivity contribution in [3.05, 3.63) is 52.7 Å². The number of rotatable bonds is 5. The van der Waals surface area contributed by atoms with E-state index in [1.807, 2.05) is 23.6 Å². The number of thiazole rings is 1. The maximum absolute atomic E-state index is 9.38. The maximum Gasteiger partial charge on any atom is 0.161 e. The molecule has 2 aromatic heterocycles. The van der Waals surface area contributed by atoms with Crippen LogP contribution in [0.4, 0.5) is 0 Å². The van der Waals surface area contributed by atoms with Gasteiger partial charge >= 0.3 is 0 Å². The fourth-order valence-electron chi connectivity index (χ4n) is 2.18. The molecular formula is C18H14N2O3S. The quantitative estimate of drug-likeness (QED) is 0.641. The molecule has 1 aromatic carbocycles. The van der Waals surface area contributed by atoms with E-state index in [1.54, 1.807) is 38.7 Å². The van der Waals surface area contributed by atoms with E-state index in [0.717, 1.165) is 11.3 Å². The van der Waals surface area contributed by atoms with Crippen molar-refractivity contribution < 1.29 is 13.9 Å². The predicted octanol–water partition coefficient (Wildman–Crippen LogP) is 4.48. The monoisotopic (exact) mass is 338 g/mol. The molecule has 0 fully saturated rings. The fourth-order valence-corrected chi connectivity index (χ4v) is 2.98. The molecule has 0 aliphatic heterocycles. The molecule has 0 N–H and O–H groups in total. The number of nitriles is 1. The van der Waals surface area contributed by atoms with Gasteiger partial charge in [-0.15, -0.1) is 11.3 Å². The Morgan fingerprint density at radius 3 is 2.75 bits per heavy atom. The molecule has 5 nitrogen and oxygen atoms in total. The lowest BCUT2D eigenvalue weighted by Crippen LogP contribution is -1.91. The fraction of sp³-hybridized carbons (Fsp3) is 0.111. The zero-order valence-electron chi connectivity index (χ0n) is 13.1. The van der Waals surface area contributed by atoms with Gasteiger partial charge in [0.25, 0.3) is 0 Å². The molecule has 0 bridgehead atoms. The van der Waals surface area contributed by atoms with Gasteiger partial charge < -0.3 is 13.9 Å². The molecule has 0 saturated heterocycles. The van der Waals surface area contributed by atoms with Gasteiger partial charge in [0, 0.05) is 17.0 Å². The SMILES string of the molecule is COc1ccc(-c2csc(C(C#N)=Cc3ccco3)n2)cc1OC. The first-order valence-electron chi connectivity index (χ1n) is 7.08. The zero-order valence-corrected chi connectivity index (χ0v) is 14.0. The number of benzene rings is 1. The van der Waals surface area contributed by atoms with E-state index in [9.17, 15) is 5.26 Å². The number of furan rings is 1. The van der Waals surface area contributed by atoms with Crippen molar-refractivity contribution >= 4 is 23.0 Å². The van der Waals surface area contributed by atoms with Gasteiger partial charge in [0.2, 0.25) is 0 Å². The van der Waals surface area contributed by atoms with Crippen molar-refractivity contribution in [3.63, 3.8) is 0 Å². The third-order valence-corrected chi connectivity index (χ3v) is 4.24. The molecule has 2 heterocycles. The Balaban J connectivity index is 1.95. The molecule has 120 valence electrons. The molecule has 0 radical (unpaired) electrons. The lowest BCUT2D eigenvalue weighted by molar-refractivity contribution is 0.355. The molecule has 0 unspecified atom stereocenters. The number of aromatic nitrogens is 1. The van der Waals surface area contributed by atoms with E-state index < -0.39 is 0 Å². The summed E-state index contributed by atoms with van der Waals surface area (Å²) in [6.45, 7) is 0. The van der Waals surface area contributed by atoms with E-state index in [-0.39, 0.29) is 0 Å². The minimum absolute atomic E-state index is 0.460. The topological polar surface area (TPSA) is 68.3 Å². The standard InChI is InChI=1S/C18H14N2O3S/c1-21-16-6-5-12(9-17(16)22-2)15-11-24-18(20-15)13(10-19)8-14-4-3-7-23-14/h3-9,11H,1-2H3. The molecule has 0 saturated carbocycles. The Morgan fingerprint density at radius 2 is 2.08 bits per heavy atom. The third-order valence-electron chi connectivity index (χ3n) is 3.36. The van der Waals surface area contributed by atoms with Crippen LogP contribution < -0.4 is 9.47 Å². The summed E-state index contributed by atoms with van der Waals surface area (Å²) in [6.07, 6.45) is 3.24. The Labute approximate surface area is 143 Å². The van der Waals surface area contributed by atoms with Crippen LogP contribution in [0.2, 0.25) is 0 Å². The highest BCUT2D eigenvalue weighted by atomic mass is 32.1. The predicted molar refractivity (Wildman–Crippen MR) is 92.8 cm³/mol. The van der Waals surface area contributed by atoms with E-state index in [1.165, 1.54) is 11.3 Å². The number of allylic oxidation sites excluding steroid dienone is 1. The summed E-state index contributed by atoms with van der Waals surface area (Å²) in [7, 11) is 3.19. The van der Waals surface area contributed by atoms with Gasteiger partial charge in [0.1, 0.15) is 16.8 Å². The van der Waals surface area contributed by atoms with Gasteiger partial charge in [-0.05, 0) is 30.3 Å². The van der Waals surface area contributed by atoms with Crippen LogP contribution in [-0.4, -0.2) is 19.2 Å². The lowest BCUT2D eigenvalue weighted by atomic mass is 10.1. The van der Waals surface area contributed by atoms with Crippen molar-refractivity contribution in [2.45, 2.75) is 0 Å². The molecule has 0 spiro atoms. The average Bonchev–Trinajstić information content (AvgIpc) is 3.30. The molecule has 3 rings (SSSR count). The number of nitrogens with zero attached hydrogens (tertiary/aromatic N) is 2. The van der Waals surface area contributed by atoms with Crippen LogP contribution in [0.1, 0.15) is 10.8 Å². The van der Waals surface area contributed by atoms with Crippen molar-refractivity contribution in [2.24, 2.45) is 0 Å². The van der Waals surface area contributed by atoms with Crippen molar-refractivity contribution in [1.82, 2.24) is 4.98 Å². The number of ether oxygens (including phenoxy) is 2. The smallest absolute Gasteiger partial charge is 0.161 e. The molecular weight excluding hydrogens is 324 g/mol. The normalized spacial score (nSPS) is 11.1.